The summed E-state index contributed by atoms with van der Waals surface area (Å²) in [6, 6.07) is 6.29. The van der Waals surface area contributed by atoms with E-state index in [2.05, 4.69) is 4.98 Å². The molecule has 2 aromatic rings. The first-order valence-corrected chi connectivity index (χ1v) is 6.31. The number of benzene rings is 1. The van der Waals surface area contributed by atoms with E-state index in [9.17, 15) is 24.8 Å². The monoisotopic (exact) mass is 302 g/mol. The zero-order chi connectivity index (χ0) is 15.9. The minimum atomic E-state index is -1.45. The Morgan fingerprint density at radius 1 is 1.23 bits per heavy atom. The second-order valence-corrected chi connectivity index (χ2v) is 4.64. The van der Waals surface area contributed by atoms with Crippen molar-refractivity contribution in [3.63, 3.8) is 0 Å². The first-order chi connectivity index (χ1) is 10.5. The Balaban J connectivity index is 1.85. The SMILES string of the molecule is O=C1c2ccccc2C(=O)N1C[C@H](O)n1ccnc1[N+](=O)[O-]. The molecule has 1 aliphatic rings. The van der Waals surface area contributed by atoms with E-state index in [0.29, 0.717) is 0 Å². The van der Waals surface area contributed by atoms with E-state index >= 15 is 0 Å². The van der Waals surface area contributed by atoms with E-state index in [-0.39, 0.29) is 11.1 Å². The summed E-state index contributed by atoms with van der Waals surface area (Å²) in [5.41, 5.74) is 0.500. The van der Waals surface area contributed by atoms with Crippen molar-refractivity contribution >= 4 is 17.8 Å². The predicted molar refractivity (Wildman–Crippen MR) is 71.9 cm³/mol. The van der Waals surface area contributed by atoms with Gasteiger partial charge in [-0.25, -0.2) is 4.57 Å². The molecular weight excluding hydrogens is 292 g/mol. The third-order valence-corrected chi connectivity index (χ3v) is 3.36. The van der Waals surface area contributed by atoms with E-state index < -0.39 is 35.5 Å². The maximum Gasteiger partial charge on any atom is 0.436 e. The minimum absolute atomic E-state index is 0.250. The maximum absolute atomic E-state index is 12.2. The van der Waals surface area contributed by atoms with Gasteiger partial charge in [-0.15, -0.1) is 0 Å². The number of amides is 2. The van der Waals surface area contributed by atoms with Crippen LogP contribution in [0.15, 0.2) is 36.7 Å². The zero-order valence-corrected chi connectivity index (χ0v) is 11.1. The van der Waals surface area contributed by atoms with Crippen LogP contribution in [0.2, 0.25) is 0 Å². The van der Waals surface area contributed by atoms with Gasteiger partial charge < -0.3 is 15.2 Å². The molecule has 1 N–H and O–H groups in total. The number of hydrogen-bond donors (Lipinski definition) is 1. The normalized spacial score (nSPS) is 15.0. The van der Waals surface area contributed by atoms with Crippen LogP contribution in [0.25, 0.3) is 0 Å². The Labute approximate surface area is 123 Å². The third-order valence-electron chi connectivity index (χ3n) is 3.36. The molecule has 1 aromatic heterocycles. The van der Waals surface area contributed by atoms with Crippen LogP contribution in [0.4, 0.5) is 5.95 Å². The molecule has 0 radical (unpaired) electrons. The summed E-state index contributed by atoms with van der Waals surface area (Å²) in [7, 11) is 0. The number of β-amino-alcohol motifs (C(OH)–C–C–N with tert-alkyl or cyclic N) is 1. The molecule has 112 valence electrons. The van der Waals surface area contributed by atoms with Crippen LogP contribution >= 0.6 is 0 Å². The van der Waals surface area contributed by atoms with Crippen LogP contribution in [0.5, 0.6) is 0 Å². The minimum Gasteiger partial charge on any atom is -0.390 e. The van der Waals surface area contributed by atoms with Crippen molar-refractivity contribution in [1.29, 1.82) is 0 Å². The van der Waals surface area contributed by atoms with Crippen molar-refractivity contribution in [2.24, 2.45) is 0 Å². The molecule has 0 fully saturated rings. The molecule has 0 spiro atoms. The second-order valence-electron chi connectivity index (χ2n) is 4.64. The van der Waals surface area contributed by atoms with Gasteiger partial charge in [-0.05, 0) is 17.1 Å². The lowest BCUT2D eigenvalue weighted by molar-refractivity contribution is -0.398. The number of aromatic nitrogens is 2. The van der Waals surface area contributed by atoms with Gasteiger partial charge in [0.05, 0.1) is 17.7 Å². The van der Waals surface area contributed by atoms with Gasteiger partial charge in [0.15, 0.2) is 6.23 Å². The van der Waals surface area contributed by atoms with E-state index in [4.69, 9.17) is 0 Å². The Kier molecular flexibility index (Phi) is 3.18. The average molecular weight is 302 g/mol. The molecule has 1 aromatic carbocycles. The molecule has 9 nitrogen and oxygen atoms in total. The molecule has 2 heterocycles. The number of carbonyl (C=O) groups excluding carboxylic acids is 2. The first kappa shape index (κ1) is 13.9. The molecule has 2 amide bonds. The molecule has 22 heavy (non-hydrogen) atoms. The molecule has 0 saturated heterocycles. The van der Waals surface area contributed by atoms with Gasteiger partial charge in [-0.2, -0.15) is 0 Å². The number of nitrogens with zero attached hydrogens (tertiary/aromatic N) is 4. The summed E-state index contributed by atoms with van der Waals surface area (Å²) in [5, 5.41) is 20.9. The lowest BCUT2D eigenvalue weighted by Gasteiger charge is -2.17. The number of aliphatic hydroxyl groups excluding tert-OH is 1. The van der Waals surface area contributed by atoms with Gasteiger partial charge in [-0.3, -0.25) is 14.5 Å². The number of imide groups is 1. The Bertz CT molecular complexity index is 749. The van der Waals surface area contributed by atoms with Crippen LogP contribution in [0.3, 0.4) is 0 Å². The number of fused-ring (bicyclic) bond motifs is 1. The van der Waals surface area contributed by atoms with Crippen molar-refractivity contribution in [3.05, 3.63) is 57.9 Å². The van der Waals surface area contributed by atoms with E-state index in [0.717, 1.165) is 15.7 Å². The van der Waals surface area contributed by atoms with Crippen LogP contribution in [-0.4, -0.2) is 42.8 Å². The van der Waals surface area contributed by atoms with Crippen molar-refractivity contribution in [2.45, 2.75) is 6.23 Å². The highest BCUT2D eigenvalue weighted by molar-refractivity contribution is 6.21. The average Bonchev–Trinajstić information content (AvgIpc) is 3.08. The molecular formula is C13H10N4O5. The molecule has 0 unspecified atom stereocenters. The molecule has 9 heteroatoms. The number of nitro groups is 1. The number of carbonyl (C=O) groups is 2. The van der Waals surface area contributed by atoms with E-state index in [1.165, 1.54) is 18.3 Å². The molecule has 1 atom stereocenters. The summed E-state index contributed by atoms with van der Waals surface area (Å²) >= 11 is 0. The molecule has 0 aliphatic carbocycles. The van der Waals surface area contributed by atoms with Gasteiger partial charge >= 0.3 is 5.95 Å². The maximum atomic E-state index is 12.2. The Hall–Kier alpha value is -3.07. The molecule has 1 aliphatic heterocycles. The van der Waals surface area contributed by atoms with E-state index in [1.54, 1.807) is 12.1 Å². The quantitative estimate of drug-likeness (QED) is 0.501. The highest BCUT2D eigenvalue weighted by Gasteiger charge is 2.37. The van der Waals surface area contributed by atoms with Crippen molar-refractivity contribution in [2.75, 3.05) is 6.54 Å². The van der Waals surface area contributed by atoms with Gasteiger partial charge in [0.2, 0.25) is 0 Å². The van der Waals surface area contributed by atoms with Crippen LogP contribution < -0.4 is 0 Å². The van der Waals surface area contributed by atoms with Crippen molar-refractivity contribution in [3.8, 4) is 0 Å². The van der Waals surface area contributed by atoms with Crippen LogP contribution in [0.1, 0.15) is 26.9 Å². The highest BCUT2D eigenvalue weighted by Crippen LogP contribution is 2.24. The van der Waals surface area contributed by atoms with Gasteiger partial charge in [0.25, 0.3) is 11.8 Å². The van der Waals surface area contributed by atoms with E-state index in [1.807, 2.05) is 0 Å². The fourth-order valence-electron chi connectivity index (χ4n) is 2.34. The predicted octanol–water partition coefficient (Wildman–Crippen LogP) is 0.578. The van der Waals surface area contributed by atoms with Crippen LogP contribution in [-0.2, 0) is 0 Å². The van der Waals surface area contributed by atoms with Gasteiger partial charge in [0, 0.05) is 0 Å². The van der Waals surface area contributed by atoms with Gasteiger partial charge in [-0.1, -0.05) is 17.1 Å². The van der Waals surface area contributed by atoms with Crippen LogP contribution in [0, 0.1) is 10.1 Å². The third kappa shape index (κ3) is 2.04. The number of hydrogen-bond acceptors (Lipinski definition) is 6. The topological polar surface area (TPSA) is 119 Å². The Morgan fingerprint density at radius 3 is 2.36 bits per heavy atom. The zero-order valence-electron chi connectivity index (χ0n) is 11.1. The van der Waals surface area contributed by atoms with Gasteiger partial charge in [0.1, 0.15) is 12.4 Å². The lowest BCUT2D eigenvalue weighted by atomic mass is 10.1. The smallest absolute Gasteiger partial charge is 0.390 e. The molecule has 3 rings (SSSR count). The van der Waals surface area contributed by atoms with Crippen molar-refractivity contribution < 1.29 is 19.6 Å². The number of aliphatic hydroxyl groups is 1. The lowest BCUT2D eigenvalue weighted by Crippen LogP contribution is -2.35. The fourth-order valence-corrected chi connectivity index (χ4v) is 2.34. The standard InChI is InChI=1S/C13H10N4O5/c18-10(15-6-5-14-13(15)17(21)22)7-16-11(19)8-3-1-2-4-9(8)12(16)20/h1-6,10,18H,7H2/t10-/m0/s1. The summed E-state index contributed by atoms with van der Waals surface area (Å²) in [6.45, 7) is -0.399. The highest BCUT2D eigenvalue weighted by atomic mass is 16.6. The number of imidazole rings is 1. The summed E-state index contributed by atoms with van der Waals surface area (Å²) in [6.07, 6.45) is 0.912. The fraction of sp³-hybridized carbons (Fsp3) is 0.154. The summed E-state index contributed by atoms with van der Waals surface area (Å²) < 4.78 is 0.892. The Morgan fingerprint density at radius 2 is 1.82 bits per heavy atom. The first-order valence-electron chi connectivity index (χ1n) is 6.31. The molecule has 0 saturated carbocycles. The number of rotatable bonds is 4. The largest absolute Gasteiger partial charge is 0.436 e. The van der Waals surface area contributed by atoms with Crippen molar-refractivity contribution in [1.82, 2.24) is 14.5 Å². The summed E-state index contributed by atoms with van der Waals surface area (Å²) in [5.74, 6) is -1.64. The molecule has 0 bridgehead atoms. The second kappa shape index (κ2) is 5.04. The summed E-state index contributed by atoms with van der Waals surface area (Å²) in [4.78, 5) is 38.7.